The van der Waals surface area contributed by atoms with Crippen molar-refractivity contribution in [2.24, 2.45) is 5.73 Å². The van der Waals surface area contributed by atoms with Crippen molar-refractivity contribution in [1.82, 2.24) is 5.32 Å². The van der Waals surface area contributed by atoms with E-state index < -0.39 is 0 Å². The number of anilines is 1. The third-order valence-corrected chi connectivity index (χ3v) is 2.44. The zero-order valence-corrected chi connectivity index (χ0v) is 9.79. The van der Waals surface area contributed by atoms with E-state index in [-0.39, 0.29) is 12.1 Å². The normalized spacial score (nSPS) is 11.9. The number of nitrogens with one attached hydrogen (secondary N) is 2. The molecule has 0 aliphatic heterocycles. The van der Waals surface area contributed by atoms with Crippen LogP contribution in [0.25, 0.3) is 0 Å². The van der Waals surface area contributed by atoms with Crippen LogP contribution in [0.4, 0.5) is 10.5 Å². The second kappa shape index (κ2) is 6.12. The lowest BCUT2D eigenvalue weighted by atomic mass is 10.2. The molecule has 0 bridgehead atoms. The fraction of sp³-hybridized carbons (Fsp3) is 0.417. The molecule has 1 unspecified atom stereocenters. The van der Waals surface area contributed by atoms with Gasteiger partial charge < -0.3 is 16.4 Å². The van der Waals surface area contributed by atoms with Crippen molar-refractivity contribution in [3.05, 3.63) is 29.8 Å². The molecule has 4 N–H and O–H groups in total. The van der Waals surface area contributed by atoms with Crippen LogP contribution in [0.1, 0.15) is 25.8 Å². The van der Waals surface area contributed by atoms with E-state index in [0.717, 1.165) is 17.7 Å². The molecular formula is C12H19N3O. The summed E-state index contributed by atoms with van der Waals surface area (Å²) < 4.78 is 0. The van der Waals surface area contributed by atoms with Crippen molar-refractivity contribution < 1.29 is 4.79 Å². The van der Waals surface area contributed by atoms with E-state index in [1.54, 1.807) is 0 Å². The molecule has 1 aromatic carbocycles. The topological polar surface area (TPSA) is 67.2 Å². The van der Waals surface area contributed by atoms with Gasteiger partial charge in [-0.25, -0.2) is 4.79 Å². The van der Waals surface area contributed by atoms with Gasteiger partial charge in [0.2, 0.25) is 0 Å². The highest BCUT2D eigenvalue weighted by Gasteiger charge is 2.04. The summed E-state index contributed by atoms with van der Waals surface area (Å²) in [6, 6.07) is 7.51. The first-order valence-corrected chi connectivity index (χ1v) is 5.52. The largest absolute Gasteiger partial charge is 0.335 e. The standard InChI is InChI=1S/C12H19N3O/c1-3-9(2)14-12(16)15-11-6-4-10(8-13)5-7-11/h4-7,9H,3,8,13H2,1-2H3,(H2,14,15,16). The van der Waals surface area contributed by atoms with Crippen LogP contribution in [-0.4, -0.2) is 12.1 Å². The molecule has 16 heavy (non-hydrogen) atoms. The average Bonchev–Trinajstić information content (AvgIpc) is 2.29. The van der Waals surface area contributed by atoms with E-state index >= 15 is 0 Å². The van der Waals surface area contributed by atoms with Crippen molar-refractivity contribution in [2.75, 3.05) is 5.32 Å². The Morgan fingerprint density at radius 1 is 1.38 bits per heavy atom. The van der Waals surface area contributed by atoms with Gasteiger partial charge in [0.1, 0.15) is 0 Å². The van der Waals surface area contributed by atoms with Gasteiger partial charge >= 0.3 is 6.03 Å². The highest BCUT2D eigenvalue weighted by molar-refractivity contribution is 5.89. The molecule has 0 spiro atoms. The number of urea groups is 1. The van der Waals surface area contributed by atoms with Crippen molar-refractivity contribution in [2.45, 2.75) is 32.9 Å². The van der Waals surface area contributed by atoms with Gasteiger partial charge in [-0.15, -0.1) is 0 Å². The zero-order chi connectivity index (χ0) is 12.0. The molecule has 1 rings (SSSR count). The van der Waals surface area contributed by atoms with Gasteiger partial charge in [0.15, 0.2) is 0 Å². The number of hydrogen-bond acceptors (Lipinski definition) is 2. The molecular weight excluding hydrogens is 202 g/mol. The number of carbonyl (C=O) groups is 1. The van der Waals surface area contributed by atoms with Crippen LogP contribution >= 0.6 is 0 Å². The molecule has 0 aliphatic rings. The lowest BCUT2D eigenvalue weighted by Gasteiger charge is -2.12. The van der Waals surface area contributed by atoms with Crippen LogP contribution < -0.4 is 16.4 Å². The van der Waals surface area contributed by atoms with Gasteiger partial charge in [-0.05, 0) is 31.0 Å². The molecule has 88 valence electrons. The summed E-state index contributed by atoms with van der Waals surface area (Å²) in [5, 5.41) is 5.60. The molecule has 4 heteroatoms. The Bertz CT molecular complexity index is 335. The summed E-state index contributed by atoms with van der Waals surface area (Å²) in [4.78, 5) is 11.5. The van der Waals surface area contributed by atoms with E-state index in [1.807, 2.05) is 38.1 Å². The Hall–Kier alpha value is -1.55. The monoisotopic (exact) mass is 221 g/mol. The second-order valence-electron chi connectivity index (χ2n) is 3.81. The van der Waals surface area contributed by atoms with Gasteiger partial charge in [0.05, 0.1) is 0 Å². The fourth-order valence-corrected chi connectivity index (χ4v) is 1.22. The molecule has 1 atom stereocenters. The number of hydrogen-bond donors (Lipinski definition) is 3. The third-order valence-electron chi connectivity index (χ3n) is 2.44. The fourth-order valence-electron chi connectivity index (χ4n) is 1.22. The predicted molar refractivity (Wildman–Crippen MR) is 66.2 cm³/mol. The minimum atomic E-state index is -0.171. The van der Waals surface area contributed by atoms with Gasteiger partial charge in [0, 0.05) is 18.3 Å². The average molecular weight is 221 g/mol. The smallest absolute Gasteiger partial charge is 0.319 e. The molecule has 0 radical (unpaired) electrons. The van der Waals surface area contributed by atoms with Crippen molar-refractivity contribution in [3.8, 4) is 0 Å². The molecule has 2 amide bonds. The number of carbonyl (C=O) groups excluding carboxylic acids is 1. The highest BCUT2D eigenvalue weighted by Crippen LogP contribution is 2.08. The Morgan fingerprint density at radius 2 is 2.00 bits per heavy atom. The Labute approximate surface area is 96.2 Å². The van der Waals surface area contributed by atoms with Gasteiger partial charge in [-0.2, -0.15) is 0 Å². The maximum Gasteiger partial charge on any atom is 0.319 e. The zero-order valence-electron chi connectivity index (χ0n) is 9.79. The summed E-state index contributed by atoms with van der Waals surface area (Å²) >= 11 is 0. The molecule has 0 saturated carbocycles. The van der Waals surface area contributed by atoms with E-state index in [1.165, 1.54) is 0 Å². The van der Waals surface area contributed by atoms with E-state index in [9.17, 15) is 4.79 Å². The molecule has 4 nitrogen and oxygen atoms in total. The first-order valence-electron chi connectivity index (χ1n) is 5.52. The van der Waals surface area contributed by atoms with Crippen molar-refractivity contribution >= 4 is 11.7 Å². The van der Waals surface area contributed by atoms with Crippen LogP contribution in [0.5, 0.6) is 0 Å². The minimum absolute atomic E-state index is 0.171. The maximum absolute atomic E-state index is 11.5. The van der Waals surface area contributed by atoms with Gasteiger partial charge in [-0.3, -0.25) is 0 Å². The van der Waals surface area contributed by atoms with E-state index in [2.05, 4.69) is 10.6 Å². The predicted octanol–water partition coefficient (Wildman–Crippen LogP) is 2.07. The molecule has 0 aromatic heterocycles. The first-order chi connectivity index (χ1) is 7.65. The van der Waals surface area contributed by atoms with Gasteiger partial charge in [0.25, 0.3) is 0 Å². The minimum Gasteiger partial charge on any atom is -0.335 e. The summed E-state index contributed by atoms with van der Waals surface area (Å²) in [7, 11) is 0. The molecule has 0 heterocycles. The van der Waals surface area contributed by atoms with E-state index in [4.69, 9.17) is 5.73 Å². The van der Waals surface area contributed by atoms with E-state index in [0.29, 0.717) is 6.54 Å². The molecule has 1 aromatic rings. The van der Waals surface area contributed by atoms with Crippen molar-refractivity contribution in [1.29, 1.82) is 0 Å². The number of rotatable bonds is 4. The Balaban J connectivity index is 2.49. The van der Waals surface area contributed by atoms with Gasteiger partial charge in [-0.1, -0.05) is 19.1 Å². The Kier molecular flexibility index (Phi) is 4.79. The number of nitrogens with two attached hydrogens (primary N) is 1. The van der Waals surface area contributed by atoms with Crippen LogP contribution in [0.2, 0.25) is 0 Å². The first kappa shape index (κ1) is 12.5. The lowest BCUT2D eigenvalue weighted by molar-refractivity contribution is 0.249. The lowest BCUT2D eigenvalue weighted by Crippen LogP contribution is -2.35. The summed E-state index contributed by atoms with van der Waals surface area (Å²) in [5.41, 5.74) is 7.31. The van der Waals surface area contributed by atoms with Crippen LogP contribution in [0.15, 0.2) is 24.3 Å². The molecule has 0 saturated heterocycles. The van der Waals surface area contributed by atoms with Crippen LogP contribution in [-0.2, 0) is 6.54 Å². The highest BCUT2D eigenvalue weighted by atomic mass is 16.2. The van der Waals surface area contributed by atoms with Crippen molar-refractivity contribution in [3.63, 3.8) is 0 Å². The number of benzene rings is 1. The van der Waals surface area contributed by atoms with Crippen LogP contribution in [0, 0.1) is 0 Å². The second-order valence-corrected chi connectivity index (χ2v) is 3.81. The maximum atomic E-state index is 11.5. The Morgan fingerprint density at radius 3 is 2.50 bits per heavy atom. The summed E-state index contributed by atoms with van der Waals surface area (Å²) in [6.07, 6.45) is 0.916. The number of amides is 2. The third kappa shape index (κ3) is 3.90. The SMILES string of the molecule is CCC(C)NC(=O)Nc1ccc(CN)cc1. The summed E-state index contributed by atoms with van der Waals surface area (Å²) in [6.45, 7) is 4.51. The summed E-state index contributed by atoms with van der Waals surface area (Å²) in [5.74, 6) is 0. The molecule has 0 fully saturated rings. The molecule has 0 aliphatic carbocycles. The quantitative estimate of drug-likeness (QED) is 0.728. The van der Waals surface area contributed by atoms with Crippen LogP contribution in [0.3, 0.4) is 0 Å².